The van der Waals surface area contributed by atoms with Crippen LogP contribution < -0.4 is 10.7 Å². The molecule has 2 N–H and O–H groups in total. The van der Waals surface area contributed by atoms with E-state index in [9.17, 15) is 14.4 Å². The van der Waals surface area contributed by atoms with Gasteiger partial charge in [0.05, 0.1) is 6.54 Å². The number of urea groups is 1. The smallest absolute Gasteiger partial charge is 0.318 e. The van der Waals surface area contributed by atoms with Crippen molar-refractivity contribution in [2.75, 3.05) is 19.8 Å². The Kier molecular flexibility index (Phi) is 6.79. The van der Waals surface area contributed by atoms with Gasteiger partial charge in [0.1, 0.15) is 5.54 Å². The zero-order valence-electron chi connectivity index (χ0n) is 17.3. The summed E-state index contributed by atoms with van der Waals surface area (Å²) in [5.74, 6) is -0.911. The lowest BCUT2D eigenvalue weighted by molar-refractivity contribution is -0.139. The number of nitrogens with one attached hydrogen (secondary N) is 2. The summed E-state index contributed by atoms with van der Waals surface area (Å²) in [5, 5.41) is 3.54. The highest BCUT2D eigenvalue weighted by atomic mass is 32.2. The average Bonchev–Trinajstić information content (AvgIpc) is 3.00. The molecule has 0 radical (unpaired) electrons. The number of hydrogen-bond acceptors (Lipinski definition) is 5. The number of thioether (sulfide) groups is 1. The van der Waals surface area contributed by atoms with E-state index in [0.717, 1.165) is 10.6 Å². The molecule has 0 aromatic heterocycles. The first-order valence-corrected chi connectivity index (χ1v) is 10.9. The van der Waals surface area contributed by atoms with E-state index < -0.39 is 23.4 Å². The van der Waals surface area contributed by atoms with Gasteiger partial charge in [-0.05, 0) is 43.0 Å². The summed E-state index contributed by atoms with van der Waals surface area (Å²) in [7, 11) is 1.81. The van der Waals surface area contributed by atoms with Crippen molar-refractivity contribution in [3.05, 3.63) is 65.7 Å². The summed E-state index contributed by atoms with van der Waals surface area (Å²) < 4.78 is 0. The van der Waals surface area contributed by atoms with Crippen LogP contribution in [0.15, 0.2) is 59.5 Å². The second kappa shape index (κ2) is 9.32. The number of carbonyl (C=O) groups is 3. The summed E-state index contributed by atoms with van der Waals surface area (Å²) in [5.41, 5.74) is 3.05. The van der Waals surface area contributed by atoms with Crippen LogP contribution in [-0.2, 0) is 21.7 Å². The van der Waals surface area contributed by atoms with Gasteiger partial charge in [-0.2, -0.15) is 5.01 Å². The topological polar surface area (TPSA) is 81.8 Å². The number of carbonyl (C=O) groups excluding carboxylic acids is 3. The van der Waals surface area contributed by atoms with Crippen LogP contribution in [0.5, 0.6) is 0 Å². The fourth-order valence-electron chi connectivity index (χ4n) is 3.54. The van der Waals surface area contributed by atoms with Crippen LogP contribution in [0, 0.1) is 0 Å². The Bertz CT molecular complexity index is 920. The highest BCUT2D eigenvalue weighted by molar-refractivity contribution is 7.98. The molecular formula is C22H26N4O3S. The Hall–Kier alpha value is -2.84. The number of rotatable bonds is 8. The molecular weight excluding hydrogens is 400 g/mol. The number of likely N-dealkylation sites (N-methyl/N-ethyl adjacent to an activating group) is 1. The van der Waals surface area contributed by atoms with Gasteiger partial charge in [0.15, 0.2) is 0 Å². The third-order valence-electron chi connectivity index (χ3n) is 5.15. The van der Waals surface area contributed by atoms with E-state index in [1.165, 1.54) is 4.90 Å². The van der Waals surface area contributed by atoms with Gasteiger partial charge < -0.3 is 5.32 Å². The maximum Gasteiger partial charge on any atom is 0.344 e. The number of nitrogens with zero attached hydrogens (tertiary/aromatic N) is 2. The van der Waals surface area contributed by atoms with E-state index in [0.29, 0.717) is 18.5 Å². The maximum atomic E-state index is 13.1. The molecule has 1 heterocycles. The molecule has 1 saturated heterocycles. The Balaban J connectivity index is 1.63. The van der Waals surface area contributed by atoms with Crippen LogP contribution in [0.25, 0.3) is 0 Å². The van der Waals surface area contributed by atoms with E-state index in [2.05, 4.69) is 10.7 Å². The highest BCUT2D eigenvalue weighted by Gasteiger charge is 2.52. The first-order chi connectivity index (χ1) is 14.4. The van der Waals surface area contributed by atoms with Gasteiger partial charge >= 0.3 is 6.03 Å². The standard InChI is InChI=1S/C22H26N4O3S/c1-4-22(17-8-6-5-7-9-17)20(28)26(21(29)23-22)24-19(27)15-25(2)14-16-10-12-18(30-3)13-11-16/h5-13H,4,14-15H2,1-3H3,(H,23,29)(H,24,27). The second-order valence-electron chi connectivity index (χ2n) is 7.25. The predicted octanol–water partition coefficient (Wildman–Crippen LogP) is 2.73. The summed E-state index contributed by atoms with van der Waals surface area (Å²) >= 11 is 1.67. The molecule has 2 aromatic rings. The fraction of sp³-hybridized carbons (Fsp3) is 0.318. The Morgan fingerprint density at radius 2 is 1.80 bits per heavy atom. The summed E-state index contributed by atoms with van der Waals surface area (Å²) in [4.78, 5) is 41.0. The SMILES string of the molecule is CCC1(c2ccccc2)NC(=O)N(NC(=O)CN(C)Cc2ccc(SC)cc2)C1=O. The lowest BCUT2D eigenvalue weighted by atomic mass is 9.87. The van der Waals surface area contributed by atoms with Crippen molar-refractivity contribution in [1.82, 2.24) is 20.7 Å². The third kappa shape index (κ3) is 4.49. The Morgan fingerprint density at radius 3 is 2.40 bits per heavy atom. The molecule has 1 fully saturated rings. The van der Waals surface area contributed by atoms with E-state index in [4.69, 9.17) is 0 Å². The molecule has 7 nitrogen and oxygen atoms in total. The second-order valence-corrected chi connectivity index (χ2v) is 8.13. The number of hydrazine groups is 1. The first kappa shape index (κ1) is 21.9. The van der Waals surface area contributed by atoms with Crippen LogP contribution in [0.4, 0.5) is 4.79 Å². The van der Waals surface area contributed by atoms with Crippen LogP contribution in [0.1, 0.15) is 24.5 Å². The third-order valence-corrected chi connectivity index (χ3v) is 5.89. The van der Waals surface area contributed by atoms with Gasteiger partial charge in [0, 0.05) is 11.4 Å². The van der Waals surface area contributed by atoms with E-state index >= 15 is 0 Å². The van der Waals surface area contributed by atoms with Crippen molar-refractivity contribution >= 4 is 29.6 Å². The number of amides is 4. The predicted molar refractivity (Wildman–Crippen MR) is 116 cm³/mol. The molecule has 0 bridgehead atoms. The quantitative estimate of drug-likeness (QED) is 0.501. The summed E-state index contributed by atoms with van der Waals surface area (Å²) in [6.07, 6.45) is 2.40. The Labute approximate surface area is 180 Å². The van der Waals surface area contributed by atoms with Gasteiger partial charge in [-0.1, -0.05) is 49.4 Å². The largest absolute Gasteiger partial charge is 0.344 e. The van der Waals surface area contributed by atoms with Gasteiger partial charge in [-0.3, -0.25) is 19.9 Å². The molecule has 8 heteroatoms. The number of benzene rings is 2. The zero-order chi connectivity index (χ0) is 21.7. The lowest BCUT2D eigenvalue weighted by Gasteiger charge is -2.25. The fourth-order valence-corrected chi connectivity index (χ4v) is 3.95. The van der Waals surface area contributed by atoms with Crippen molar-refractivity contribution in [2.24, 2.45) is 0 Å². The highest BCUT2D eigenvalue weighted by Crippen LogP contribution is 2.31. The molecule has 2 aromatic carbocycles. The zero-order valence-corrected chi connectivity index (χ0v) is 18.2. The van der Waals surface area contributed by atoms with Crippen molar-refractivity contribution < 1.29 is 14.4 Å². The van der Waals surface area contributed by atoms with Crippen molar-refractivity contribution in [3.8, 4) is 0 Å². The Morgan fingerprint density at radius 1 is 1.13 bits per heavy atom. The van der Waals surface area contributed by atoms with Crippen LogP contribution in [0.2, 0.25) is 0 Å². The molecule has 1 aliphatic heterocycles. The van der Waals surface area contributed by atoms with Gasteiger partial charge in [-0.25, -0.2) is 4.79 Å². The van der Waals surface area contributed by atoms with Gasteiger partial charge in [0.25, 0.3) is 11.8 Å². The summed E-state index contributed by atoms with van der Waals surface area (Å²) in [6.45, 7) is 2.45. The molecule has 1 atom stereocenters. The van der Waals surface area contributed by atoms with Crippen LogP contribution in [-0.4, -0.2) is 47.6 Å². The van der Waals surface area contributed by atoms with Gasteiger partial charge in [-0.15, -0.1) is 11.8 Å². The molecule has 1 unspecified atom stereocenters. The van der Waals surface area contributed by atoms with Crippen molar-refractivity contribution in [3.63, 3.8) is 0 Å². The maximum absolute atomic E-state index is 13.1. The molecule has 1 aliphatic rings. The minimum atomic E-state index is -1.17. The van der Waals surface area contributed by atoms with E-state index in [1.54, 1.807) is 23.9 Å². The van der Waals surface area contributed by atoms with E-state index in [1.807, 2.05) is 67.6 Å². The molecule has 3 rings (SSSR count). The van der Waals surface area contributed by atoms with Gasteiger partial charge in [0.2, 0.25) is 0 Å². The van der Waals surface area contributed by atoms with Crippen molar-refractivity contribution in [1.29, 1.82) is 0 Å². The molecule has 0 saturated carbocycles. The summed E-state index contributed by atoms with van der Waals surface area (Å²) in [6, 6.07) is 16.5. The van der Waals surface area contributed by atoms with Crippen LogP contribution in [0.3, 0.4) is 0 Å². The molecule has 4 amide bonds. The number of imide groups is 1. The minimum absolute atomic E-state index is 0.0474. The molecule has 158 valence electrons. The first-order valence-electron chi connectivity index (χ1n) is 9.73. The molecule has 0 aliphatic carbocycles. The minimum Gasteiger partial charge on any atom is -0.318 e. The molecule has 0 spiro atoms. The number of hydrogen-bond donors (Lipinski definition) is 2. The van der Waals surface area contributed by atoms with E-state index in [-0.39, 0.29) is 6.54 Å². The van der Waals surface area contributed by atoms with Crippen LogP contribution >= 0.6 is 11.8 Å². The molecule has 30 heavy (non-hydrogen) atoms. The van der Waals surface area contributed by atoms with Crippen molar-refractivity contribution in [2.45, 2.75) is 30.3 Å². The lowest BCUT2D eigenvalue weighted by Crippen LogP contribution is -2.50. The normalized spacial score (nSPS) is 18.6. The average molecular weight is 427 g/mol. The monoisotopic (exact) mass is 426 g/mol.